The maximum Gasteiger partial charge on any atom is 0.426 e. The fourth-order valence-electron chi connectivity index (χ4n) is 1.40. The highest BCUT2D eigenvalue weighted by atomic mass is 19.4. The number of allylic oxidation sites excluding steroid dienone is 2. The van der Waals surface area contributed by atoms with E-state index in [4.69, 9.17) is 5.11 Å². The Balaban J connectivity index is 6.47. The Hall–Kier alpha value is -1.95. The summed E-state index contributed by atoms with van der Waals surface area (Å²) >= 11 is 0. The van der Waals surface area contributed by atoms with Crippen LogP contribution in [0.2, 0.25) is 0 Å². The molecule has 0 amide bonds. The van der Waals surface area contributed by atoms with Gasteiger partial charge in [0, 0.05) is 0 Å². The van der Waals surface area contributed by atoms with Crippen LogP contribution in [0.15, 0.2) is 11.9 Å². The van der Waals surface area contributed by atoms with Gasteiger partial charge in [-0.2, -0.15) is 65.9 Å². The molecule has 3 nitrogen and oxygen atoms in total. The summed E-state index contributed by atoms with van der Waals surface area (Å²) in [6.45, 7) is -2.61. The van der Waals surface area contributed by atoms with Crippen LogP contribution in [0.5, 0.6) is 0 Å². The molecule has 0 spiro atoms. The minimum atomic E-state index is -8.36. The molecular weight excluding hydrogens is 484 g/mol. The number of rotatable bonds is 9. The first-order valence-electron chi connectivity index (χ1n) is 6.38. The van der Waals surface area contributed by atoms with Crippen LogP contribution in [-0.2, 0) is 9.53 Å². The first-order chi connectivity index (χ1) is 12.8. The van der Waals surface area contributed by atoms with Gasteiger partial charge in [0.2, 0.25) is 0 Å². The number of aliphatic carboxylic acids is 1. The minimum Gasteiger partial charge on any atom is -0.480 e. The molecule has 0 radical (unpaired) electrons. The van der Waals surface area contributed by atoms with E-state index in [1.807, 2.05) is 0 Å². The molecule has 0 heterocycles. The molecule has 0 aromatic rings. The van der Waals surface area contributed by atoms with Crippen LogP contribution in [-0.4, -0.2) is 59.6 Å². The average molecular weight is 488 g/mol. The fraction of sp³-hybridized carbons (Fsp3) is 0.727. The molecule has 0 aliphatic rings. The summed E-state index contributed by atoms with van der Waals surface area (Å²) in [5.41, 5.74) is 0. The van der Waals surface area contributed by atoms with E-state index >= 15 is 0 Å². The molecular formula is C11H4F16O3. The molecule has 30 heavy (non-hydrogen) atoms. The Morgan fingerprint density at radius 1 is 0.700 bits per heavy atom. The zero-order chi connectivity index (χ0) is 24.8. The molecule has 1 N–H and O–H groups in total. The van der Waals surface area contributed by atoms with Gasteiger partial charge in [-0.3, -0.25) is 0 Å². The van der Waals surface area contributed by atoms with Crippen molar-refractivity contribution < 1.29 is 84.9 Å². The smallest absolute Gasteiger partial charge is 0.426 e. The zero-order valence-electron chi connectivity index (χ0n) is 13.1. The van der Waals surface area contributed by atoms with E-state index in [1.54, 1.807) is 0 Å². The van der Waals surface area contributed by atoms with Crippen molar-refractivity contribution >= 4 is 5.97 Å². The van der Waals surface area contributed by atoms with Crippen molar-refractivity contribution in [1.29, 1.82) is 0 Å². The molecule has 178 valence electrons. The van der Waals surface area contributed by atoms with Gasteiger partial charge in [-0.25, -0.2) is 9.18 Å². The lowest BCUT2D eigenvalue weighted by Crippen LogP contribution is -2.71. The lowest BCUT2D eigenvalue weighted by atomic mass is 9.93. The fourth-order valence-corrected chi connectivity index (χ4v) is 1.40. The van der Waals surface area contributed by atoms with Crippen LogP contribution in [0.4, 0.5) is 70.2 Å². The predicted molar refractivity (Wildman–Crippen MR) is 58.5 cm³/mol. The summed E-state index contributed by atoms with van der Waals surface area (Å²) < 4.78 is 208. The molecule has 0 aliphatic carbocycles. The number of carboxylic acids is 1. The number of carboxylic acid groups (broad SMARTS) is 1. The first kappa shape index (κ1) is 28.0. The van der Waals surface area contributed by atoms with Gasteiger partial charge >= 0.3 is 47.9 Å². The normalized spacial score (nSPS) is 16.1. The number of ether oxygens (including phenoxy) is 1. The summed E-state index contributed by atoms with van der Waals surface area (Å²) in [5.74, 6) is -47.4. The SMILES string of the molecule is O=C(O)COC(F)(F)C(F)(F)C(F)(F)C(F)(F)C(F)(F)C(F)(F)C(F)=CC(F)(F)F. The molecule has 0 aromatic heterocycles. The first-order valence-corrected chi connectivity index (χ1v) is 6.38. The van der Waals surface area contributed by atoms with Crippen molar-refractivity contribution in [3.05, 3.63) is 11.9 Å². The molecule has 0 bridgehead atoms. The van der Waals surface area contributed by atoms with Crippen molar-refractivity contribution in [3.8, 4) is 0 Å². The average Bonchev–Trinajstić information content (AvgIpc) is 2.50. The molecule has 0 aromatic carbocycles. The third-order valence-electron chi connectivity index (χ3n) is 2.91. The number of alkyl halides is 15. The minimum absolute atomic E-state index is 2.39. The van der Waals surface area contributed by atoms with E-state index in [2.05, 4.69) is 4.74 Å². The second-order valence-electron chi connectivity index (χ2n) is 5.11. The highest BCUT2D eigenvalue weighted by Crippen LogP contribution is 2.61. The van der Waals surface area contributed by atoms with Gasteiger partial charge in [-0.15, -0.1) is 0 Å². The molecule has 0 unspecified atom stereocenters. The van der Waals surface area contributed by atoms with Crippen molar-refractivity contribution in [2.75, 3.05) is 6.61 Å². The lowest BCUT2D eigenvalue weighted by Gasteiger charge is -2.40. The molecule has 0 saturated heterocycles. The highest BCUT2D eigenvalue weighted by molar-refractivity contribution is 5.68. The van der Waals surface area contributed by atoms with Crippen LogP contribution in [0.3, 0.4) is 0 Å². The Bertz CT molecular complexity index is 676. The number of hydrogen-bond acceptors (Lipinski definition) is 2. The van der Waals surface area contributed by atoms with Crippen LogP contribution in [0.1, 0.15) is 0 Å². The van der Waals surface area contributed by atoms with E-state index in [9.17, 15) is 75.0 Å². The van der Waals surface area contributed by atoms with Gasteiger partial charge < -0.3 is 9.84 Å². The molecule has 0 rings (SSSR count). The van der Waals surface area contributed by atoms with E-state index in [0.717, 1.165) is 0 Å². The Kier molecular flexibility index (Phi) is 7.13. The summed E-state index contributed by atoms with van der Waals surface area (Å²) in [7, 11) is 0. The molecule has 0 atom stereocenters. The number of halogens is 16. The van der Waals surface area contributed by atoms with Crippen LogP contribution in [0, 0.1) is 0 Å². The zero-order valence-corrected chi connectivity index (χ0v) is 13.1. The molecule has 0 saturated carbocycles. The standard InChI is InChI=1S/C11H4F16O3/c12-3(1-5(13,14)15)6(16,17)7(18,19)8(20,21)9(22,23)10(24,25)11(26,27)30-2-4(28)29/h1H,2H2,(H,28,29). The third-order valence-corrected chi connectivity index (χ3v) is 2.91. The Labute approximate surface area is 152 Å². The van der Waals surface area contributed by atoms with Gasteiger partial charge in [0.1, 0.15) is 0 Å². The van der Waals surface area contributed by atoms with Crippen molar-refractivity contribution in [2.24, 2.45) is 0 Å². The van der Waals surface area contributed by atoms with Gasteiger partial charge in [0.15, 0.2) is 12.4 Å². The maximum absolute atomic E-state index is 13.3. The number of hydrogen-bond donors (Lipinski definition) is 1. The highest BCUT2D eigenvalue weighted by Gasteiger charge is 2.91. The van der Waals surface area contributed by atoms with Crippen LogP contribution < -0.4 is 0 Å². The maximum atomic E-state index is 13.3. The predicted octanol–water partition coefficient (Wildman–Crippen LogP) is 5.27. The quantitative estimate of drug-likeness (QED) is 0.450. The topological polar surface area (TPSA) is 46.5 Å². The van der Waals surface area contributed by atoms with E-state index in [0.29, 0.717) is 0 Å². The Morgan fingerprint density at radius 3 is 1.40 bits per heavy atom. The van der Waals surface area contributed by atoms with Gasteiger partial charge in [0.05, 0.1) is 6.08 Å². The van der Waals surface area contributed by atoms with Gasteiger partial charge in [0.25, 0.3) is 0 Å². The van der Waals surface area contributed by atoms with E-state index < -0.39 is 66.4 Å². The molecule has 0 fully saturated rings. The monoisotopic (exact) mass is 488 g/mol. The van der Waals surface area contributed by atoms with Crippen molar-refractivity contribution in [2.45, 2.75) is 41.9 Å². The van der Waals surface area contributed by atoms with Crippen molar-refractivity contribution in [3.63, 3.8) is 0 Å². The summed E-state index contributed by atoms with van der Waals surface area (Å²) in [4.78, 5) is 9.90. The van der Waals surface area contributed by atoms with E-state index in [-0.39, 0.29) is 0 Å². The second-order valence-corrected chi connectivity index (χ2v) is 5.11. The third kappa shape index (κ3) is 4.53. The van der Waals surface area contributed by atoms with Gasteiger partial charge in [-0.1, -0.05) is 0 Å². The summed E-state index contributed by atoms with van der Waals surface area (Å²) in [6.07, 6.45) is -15.7. The largest absolute Gasteiger partial charge is 0.480 e. The second kappa shape index (κ2) is 7.63. The number of carbonyl (C=O) groups is 1. The molecule has 0 aliphatic heterocycles. The van der Waals surface area contributed by atoms with Crippen LogP contribution >= 0.6 is 0 Å². The van der Waals surface area contributed by atoms with Crippen molar-refractivity contribution in [1.82, 2.24) is 0 Å². The van der Waals surface area contributed by atoms with Crippen LogP contribution in [0.25, 0.3) is 0 Å². The Morgan fingerprint density at radius 2 is 1.07 bits per heavy atom. The summed E-state index contributed by atoms with van der Waals surface area (Å²) in [6, 6.07) is 0. The molecule has 19 heteroatoms. The van der Waals surface area contributed by atoms with E-state index in [1.165, 1.54) is 0 Å². The summed E-state index contributed by atoms with van der Waals surface area (Å²) in [5, 5.41) is 7.90. The lowest BCUT2D eigenvalue weighted by molar-refractivity contribution is -0.455. The van der Waals surface area contributed by atoms with Gasteiger partial charge in [-0.05, 0) is 0 Å².